The molecule has 1 heterocycles. The Hall–Kier alpha value is -2.61. The van der Waals surface area contributed by atoms with Crippen molar-refractivity contribution in [3.05, 3.63) is 76.9 Å². The minimum Gasteiger partial charge on any atom is -0.457 e. The van der Waals surface area contributed by atoms with Crippen molar-refractivity contribution in [1.82, 2.24) is 14.7 Å². The van der Waals surface area contributed by atoms with E-state index in [-0.39, 0.29) is 30.4 Å². The van der Waals surface area contributed by atoms with Crippen LogP contribution >= 0.6 is 24.8 Å². The molecule has 9 heteroatoms. The molecular weight excluding hydrogens is 442 g/mol. The first kappa shape index (κ1) is 26.4. The van der Waals surface area contributed by atoms with Gasteiger partial charge in [-0.1, -0.05) is 12.1 Å². The number of carbonyl (C=O) groups excluding carboxylic acids is 1. The van der Waals surface area contributed by atoms with Crippen LogP contribution in [-0.2, 0) is 20.0 Å². The minimum atomic E-state index is -0.588. The molecule has 0 saturated heterocycles. The average molecular weight is 469 g/mol. The SMILES string of the molecule is Cc1c(CN(C)C(=O)c2cc(Oc3ccc(CCN)cc3)ccc2F)cnn1C.Cl.Cl. The summed E-state index contributed by atoms with van der Waals surface area (Å²) < 4.78 is 21.9. The van der Waals surface area contributed by atoms with Gasteiger partial charge in [-0.2, -0.15) is 5.10 Å². The van der Waals surface area contributed by atoms with Crippen molar-refractivity contribution in [2.24, 2.45) is 12.8 Å². The summed E-state index contributed by atoms with van der Waals surface area (Å²) in [5.41, 5.74) is 8.50. The van der Waals surface area contributed by atoms with E-state index in [2.05, 4.69) is 5.10 Å². The van der Waals surface area contributed by atoms with Crippen molar-refractivity contribution in [3.63, 3.8) is 0 Å². The van der Waals surface area contributed by atoms with E-state index in [4.69, 9.17) is 10.5 Å². The molecule has 2 aromatic carbocycles. The third-order valence-electron chi connectivity index (χ3n) is 4.85. The predicted molar refractivity (Wildman–Crippen MR) is 124 cm³/mol. The van der Waals surface area contributed by atoms with Gasteiger partial charge in [0.05, 0.1) is 11.8 Å². The number of hydrogen-bond acceptors (Lipinski definition) is 4. The molecular formula is C22H27Cl2FN4O2. The van der Waals surface area contributed by atoms with E-state index in [0.29, 0.717) is 24.6 Å². The lowest BCUT2D eigenvalue weighted by Crippen LogP contribution is -2.27. The lowest BCUT2D eigenvalue weighted by molar-refractivity contribution is 0.0780. The number of amides is 1. The van der Waals surface area contributed by atoms with Gasteiger partial charge in [0.25, 0.3) is 5.91 Å². The summed E-state index contributed by atoms with van der Waals surface area (Å²) in [6.45, 7) is 2.84. The fourth-order valence-corrected chi connectivity index (χ4v) is 2.99. The van der Waals surface area contributed by atoms with Crippen LogP contribution in [0.25, 0.3) is 0 Å². The number of halogens is 3. The number of rotatable bonds is 7. The highest BCUT2D eigenvalue weighted by Gasteiger charge is 2.19. The molecule has 1 amide bonds. The van der Waals surface area contributed by atoms with Crippen LogP contribution in [0, 0.1) is 12.7 Å². The highest BCUT2D eigenvalue weighted by atomic mass is 35.5. The first-order valence-electron chi connectivity index (χ1n) is 9.38. The second kappa shape index (κ2) is 11.7. The molecule has 168 valence electrons. The van der Waals surface area contributed by atoms with Crippen LogP contribution in [0.15, 0.2) is 48.7 Å². The molecule has 1 aromatic heterocycles. The van der Waals surface area contributed by atoms with Gasteiger partial charge in [-0.05, 0) is 55.8 Å². The number of ether oxygens (including phenoxy) is 1. The van der Waals surface area contributed by atoms with Gasteiger partial charge >= 0.3 is 0 Å². The van der Waals surface area contributed by atoms with Crippen LogP contribution in [-0.4, -0.2) is 34.2 Å². The zero-order valence-electron chi connectivity index (χ0n) is 17.7. The fraction of sp³-hybridized carbons (Fsp3) is 0.273. The molecule has 31 heavy (non-hydrogen) atoms. The molecule has 0 aliphatic heterocycles. The number of aryl methyl sites for hydroxylation is 1. The van der Waals surface area contributed by atoms with Crippen LogP contribution in [0.5, 0.6) is 11.5 Å². The third kappa shape index (κ3) is 6.43. The summed E-state index contributed by atoms with van der Waals surface area (Å²) in [6.07, 6.45) is 2.50. The average Bonchev–Trinajstić information content (AvgIpc) is 3.02. The Bertz CT molecular complexity index is 1010. The summed E-state index contributed by atoms with van der Waals surface area (Å²) in [7, 11) is 3.47. The van der Waals surface area contributed by atoms with Crippen molar-refractivity contribution in [2.75, 3.05) is 13.6 Å². The highest BCUT2D eigenvalue weighted by Crippen LogP contribution is 2.25. The van der Waals surface area contributed by atoms with Gasteiger partial charge in [0.15, 0.2) is 0 Å². The van der Waals surface area contributed by atoms with Gasteiger partial charge in [0.1, 0.15) is 17.3 Å². The van der Waals surface area contributed by atoms with E-state index in [1.165, 1.54) is 23.1 Å². The molecule has 0 saturated carbocycles. The highest BCUT2D eigenvalue weighted by molar-refractivity contribution is 5.94. The van der Waals surface area contributed by atoms with Crippen molar-refractivity contribution >= 4 is 30.7 Å². The number of benzene rings is 2. The summed E-state index contributed by atoms with van der Waals surface area (Å²) >= 11 is 0. The van der Waals surface area contributed by atoms with E-state index in [1.807, 2.05) is 38.2 Å². The van der Waals surface area contributed by atoms with Gasteiger partial charge < -0.3 is 15.4 Å². The monoisotopic (exact) mass is 468 g/mol. The molecule has 0 bridgehead atoms. The second-order valence-corrected chi connectivity index (χ2v) is 6.97. The molecule has 6 nitrogen and oxygen atoms in total. The van der Waals surface area contributed by atoms with E-state index in [1.54, 1.807) is 17.9 Å². The zero-order chi connectivity index (χ0) is 21.0. The minimum absolute atomic E-state index is 0. The number of nitrogens with two attached hydrogens (primary N) is 1. The standard InChI is InChI=1S/C22H25FN4O2.2ClH/c1-15-17(13-25-27(15)3)14-26(2)22(28)20-12-19(8-9-21(20)23)29-18-6-4-16(5-7-18)10-11-24;;/h4-9,12-13H,10-11,14,24H2,1-3H3;2*1H. The Labute approximate surface area is 194 Å². The maximum absolute atomic E-state index is 14.3. The van der Waals surface area contributed by atoms with Gasteiger partial charge in [-0.3, -0.25) is 9.48 Å². The third-order valence-corrected chi connectivity index (χ3v) is 4.85. The molecule has 0 fully saturated rings. The van der Waals surface area contributed by atoms with E-state index in [0.717, 1.165) is 23.2 Å². The Kier molecular flexibility index (Phi) is 9.97. The lowest BCUT2D eigenvalue weighted by atomic mass is 10.1. The van der Waals surface area contributed by atoms with Crippen molar-refractivity contribution in [3.8, 4) is 11.5 Å². The number of hydrogen-bond donors (Lipinski definition) is 1. The Balaban J connectivity index is 0.00000240. The Morgan fingerprint density at radius 1 is 1.16 bits per heavy atom. The molecule has 0 aliphatic carbocycles. The molecule has 3 rings (SSSR count). The van der Waals surface area contributed by atoms with Gasteiger partial charge in [0.2, 0.25) is 0 Å². The van der Waals surface area contributed by atoms with Crippen LogP contribution < -0.4 is 10.5 Å². The van der Waals surface area contributed by atoms with Crippen LogP contribution in [0.2, 0.25) is 0 Å². The molecule has 3 aromatic rings. The second-order valence-electron chi connectivity index (χ2n) is 6.97. The smallest absolute Gasteiger partial charge is 0.257 e. The summed E-state index contributed by atoms with van der Waals surface area (Å²) in [5, 5.41) is 4.18. The molecule has 0 atom stereocenters. The van der Waals surface area contributed by atoms with E-state index >= 15 is 0 Å². The first-order valence-corrected chi connectivity index (χ1v) is 9.38. The summed E-state index contributed by atoms with van der Waals surface area (Å²) in [5.74, 6) is -0.00713. The van der Waals surface area contributed by atoms with Crippen LogP contribution in [0.1, 0.15) is 27.2 Å². The van der Waals surface area contributed by atoms with E-state index in [9.17, 15) is 9.18 Å². The van der Waals surface area contributed by atoms with E-state index < -0.39 is 11.7 Å². The molecule has 2 N–H and O–H groups in total. The van der Waals surface area contributed by atoms with Crippen LogP contribution in [0.4, 0.5) is 4.39 Å². The number of carbonyl (C=O) groups is 1. The quantitative estimate of drug-likeness (QED) is 0.561. The maximum Gasteiger partial charge on any atom is 0.257 e. The normalized spacial score (nSPS) is 10.1. The maximum atomic E-state index is 14.3. The van der Waals surface area contributed by atoms with Crippen molar-refractivity contribution in [2.45, 2.75) is 19.9 Å². The molecule has 0 unspecified atom stereocenters. The van der Waals surface area contributed by atoms with Gasteiger partial charge in [-0.25, -0.2) is 4.39 Å². The number of nitrogens with zero attached hydrogens (tertiary/aromatic N) is 3. The van der Waals surface area contributed by atoms with Crippen molar-refractivity contribution < 1.29 is 13.9 Å². The first-order chi connectivity index (χ1) is 13.9. The predicted octanol–water partition coefficient (Wildman–Crippen LogP) is 4.28. The Morgan fingerprint density at radius 2 is 1.81 bits per heavy atom. The largest absolute Gasteiger partial charge is 0.457 e. The molecule has 0 aliphatic rings. The molecule has 0 spiro atoms. The van der Waals surface area contributed by atoms with Gasteiger partial charge in [-0.15, -0.1) is 24.8 Å². The topological polar surface area (TPSA) is 73.4 Å². The van der Waals surface area contributed by atoms with Crippen molar-refractivity contribution in [1.29, 1.82) is 0 Å². The summed E-state index contributed by atoms with van der Waals surface area (Å²) in [6, 6.07) is 11.7. The fourth-order valence-electron chi connectivity index (χ4n) is 2.99. The number of aromatic nitrogens is 2. The molecule has 0 radical (unpaired) electrons. The summed E-state index contributed by atoms with van der Waals surface area (Å²) in [4.78, 5) is 14.3. The van der Waals surface area contributed by atoms with Crippen LogP contribution in [0.3, 0.4) is 0 Å². The van der Waals surface area contributed by atoms with Gasteiger partial charge in [0, 0.05) is 31.9 Å². The Morgan fingerprint density at radius 3 is 2.39 bits per heavy atom. The zero-order valence-corrected chi connectivity index (χ0v) is 19.3. The lowest BCUT2D eigenvalue weighted by Gasteiger charge is -2.18.